The molecule has 0 aromatic heterocycles. The molecule has 0 aliphatic heterocycles. The zero-order valence-electron chi connectivity index (χ0n) is 12.5. The maximum atomic E-state index is 5.73. The fraction of sp³-hybridized carbons (Fsp3) is 0.625. The van der Waals surface area contributed by atoms with E-state index in [1.807, 2.05) is 18.2 Å². The topological polar surface area (TPSA) is 39.7 Å². The lowest BCUT2D eigenvalue weighted by Crippen LogP contribution is -2.26. The maximum absolute atomic E-state index is 5.73. The summed E-state index contributed by atoms with van der Waals surface area (Å²) in [4.78, 5) is 0. The average Bonchev–Trinajstić information content (AvgIpc) is 2.99. The van der Waals surface area contributed by atoms with E-state index in [1.54, 1.807) is 14.2 Å². The third kappa shape index (κ3) is 4.60. The van der Waals surface area contributed by atoms with Gasteiger partial charge in [-0.15, -0.1) is 0 Å². The van der Waals surface area contributed by atoms with Crippen LogP contribution in [0.15, 0.2) is 18.2 Å². The molecule has 1 N–H and O–H groups in total. The summed E-state index contributed by atoms with van der Waals surface area (Å²) in [6.07, 6.45) is 5.54. The van der Waals surface area contributed by atoms with Gasteiger partial charge >= 0.3 is 0 Å². The van der Waals surface area contributed by atoms with Crippen molar-refractivity contribution in [1.82, 2.24) is 5.32 Å². The van der Waals surface area contributed by atoms with E-state index < -0.39 is 0 Å². The number of rotatable bonds is 8. The molecule has 1 aromatic carbocycles. The molecule has 0 atom stereocenters. The normalized spacial score (nSPS) is 15.3. The zero-order valence-corrected chi connectivity index (χ0v) is 12.5. The van der Waals surface area contributed by atoms with Crippen LogP contribution in [0.2, 0.25) is 0 Å². The van der Waals surface area contributed by atoms with Crippen LogP contribution < -0.4 is 19.5 Å². The molecule has 112 valence electrons. The summed E-state index contributed by atoms with van der Waals surface area (Å²) < 4.78 is 16.2. The van der Waals surface area contributed by atoms with E-state index in [9.17, 15) is 0 Å². The van der Waals surface area contributed by atoms with Gasteiger partial charge in [-0.3, -0.25) is 0 Å². The second kappa shape index (κ2) is 8.00. The Morgan fingerprint density at radius 3 is 2.20 bits per heavy atom. The molecule has 4 nitrogen and oxygen atoms in total. The highest BCUT2D eigenvalue weighted by atomic mass is 16.5. The molecule has 0 saturated heterocycles. The third-order valence-corrected chi connectivity index (χ3v) is 3.78. The fourth-order valence-corrected chi connectivity index (χ4v) is 2.63. The van der Waals surface area contributed by atoms with Crippen molar-refractivity contribution in [2.75, 3.05) is 33.9 Å². The summed E-state index contributed by atoms with van der Waals surface area (Å²) >= 11 is 0. The minimum atomic E-state index is 0.656. The highest BCUT2D eigenvalue weighted by Crippen LogP contribution is 2.27. The minimum absolute atomic E-state index is 0.656. The fourth-order valence-electron chi connectivity index (χ4n) is 2.63. The number of nitrogens with one attached hydrogen (secondary N) is 1. The highest BCUT2D eigenvalue weighted by molar-refractivity contribution is 5.41. The van der Waals surface area contributed by atoms with E-state index in [2.05, 4.69) is 5.32 Å². The summed E-state index contributed by atoms with van der Waals surface area (Å²) in [6.45, 7) is 2.64. The van der Waals surface area contributed by atoms with Gasteiger partial charge in [-0.1, -0.05) is 12.8 Å². The van der Waals surface area contributed by atoms with Crippen LogP contribution in [0.1, 0.15) is 25.7 Å². The van der Waals surface area contributed by atoms with Gasteiger partial charge in [0.05, 0.1) is 14.2 Å². The molecule has 1 saturated carbocycles. The lowest BCUT2D eigenvalue weighted by Gasteiger charge is -2.12. The van der Waals surface area contributed by atoms with Crippen LogP contribution in [0.5, 0.6) is 17.2 Å². The summed E-state index contributed by atoms with van der Waals surface area (Å²) in [5, 5.41) is 3.47. The second-order valence-corrected chi connectivity index (χ2v) is 5.25. The largest absolute Gasteiger partial charge is 0.496 e. The van der Waals surface area contributed by atoms with Crippen LogP contribution in [-0.4, -0.2) is 33.9 Å². The van der Waals surface area contributed by atoms with Gasteiger partial charge in [0.2, 0.25) is 0 Å². The van der Waals surface area contributed by atoms with Crippen molar-refractivity contribution in [3.05, 3.63) is 18.2 Å². The van der Waals surface area contributed by atoms with Gasteiger partial charge in [-0.05, 0) is 25.3 Å². The third-order valence-electron chi connectivity index (χ3n) is 3.78. The first kappa shape index (κ1) is 15.0. The predicted octanol–water partition coefficient (Wildman–Crippen LogP) is 2.86. The Balaban J connectivity index is 1.70. The predicted molar refractivity (Wildman–Crippen MR) is 79.9 cm³/mol. The van der Waals surface area contributed by atoms with Crippen molar-refractivity contribution in [2.45, 2.75) is 25.7 Å². The number of hydrogen-bond donors (Lipinski definition) is 1. The SMILES string of the molecule is COc1cc(OC)cc(OCCNCC2CCCC2)c1. The van der Waals surface area contributed by atoms with Crippen LogP contribution in [0.3, 0.4) is 0 Å². The number of methoxy groups -OCH3 is 2. The Morgan fingerprint density at radius 1 is 1.00 bits per heavy atom. The van der Waals surface area contributed by atoms with Crippen LogP contribution in [-0.2, 0) is 0 Å². The quantitative estimate of drug-likeness (QED) is 0.743. The van der Waals surface area contributed by atoms with Gasteiger partial charge in [0, 0.05) is 24.7 Å². The van der Waals surface area contributed by atoms with Crippen LogP contribution in [0.4, 0.5) is 0 Å². The van der Waals surface area contributed by atoms with Crippen molar-refractivity contribution in [1.29, 1.82) is 0 Å². The van der Waals surface area contributed by atoms with Crippen molar-refractivity contribution in [3.63, 3.8) is 0 Å². The molecule has 2 rings (SSSR count). The molecule has 20 heavy (non-hydrogen) atoms. The van der Waals surface area contributed by atoms with Crippen molar-refractivity contribution in [2.24, 2.45) is 5.92 Å². The lowest BCUT2D eigenvalue weighted by molar-refractivity contribution is 0.303. The van der Waals surface area contributed by atoms with E-state index in [0.717, 1.165) is 36.3 Å². The molecular formula is C16H25NO3. The lowest BCUT2D eigenvalue weighted by atomic mass is 10.1. The summed E-state index contributed by atoms with van der Waals surface area (Å²) in [7, 11) is 3.28. The summed E-state index contributed by atoms with van der Waals surface area (Å²) in [5.41, 5.74) is 0. The Bertz CT molecular complexity index is 380. The van der Waals surface area contributed by atoms with Crippen molar-refractivity contribution < 1.29 is 14.2 Å². The standard InChI is InChI=1S/C16H25NO3/c1-18-14-9-15(19-2)11-16(10-14)20-8-7-17-12-13-5-3-4-6-13/h9-11,13,17H,3-8,12H2,1-2H3. The first-order valence-corrected chi connectivity index (χ1v) is 7.38. The van der Waals surface area contributed by atoms with E-state index in [1.165, 1.54) is 25.7 Å². The van der Waals surface area contributed by atoms with Gasteiger partial charge in [-0.2, -0.15) is 0 Å². The minimum Gasteiger partial charge on any atom is -0.496 e. The van der Waals surface area contributed by atoms with Crippen LogP contribution in [0.25, 0.3) is 0 Å². The molecule has 1 fully saturated rings. The van der Waals surface area contributed by atoms with E-state index in [4.69, 9.17) is 14.2 Å². The molecule has 0 spiro atoms. The van der Waals surface area contributed by atoms with E-state index in [0.29, 0.717) is 6.61 Å². The molecule has 0 heterocycles. The van der Waals surface area contributed by atoms with E-state index >= 15 is 0 Å². The number of ether oxygens (including phenoxy) is 3. The molecular weight excluding hydrogens is 254 g/mol. The molecule has 0 radical (unpaired) electrons. The zero-order chi connectivity index (χ0) is 14.2. The molecule has 4 heteroatoms. The summed E-state index contributed by atoms with van der Waals surface area (Å²) in [5.74, 6) is 3.15. The van der Waals surface area contributed by atoms with Crippen molar-refractivity contribution in [3.8, 4) is 17.2 Å². The van der Waals surface area contributed by atoms with Gasteiger partial charge < -0.3 is 19.5 Å². The molecule has 0 amide bonds. The first-order valence-electron chi connectivity index (χ1n) is 7.38. The monoisotopic (exact) mass is 279 g/mol. The molecule has 0 unspecified atom stereocenters. The smallest absolute Gasteiger partial charge is 0.126 e. The molecule has 0 bridgehead atoms. The number of hydrogen-bond acceptors (Lipinski definition) is 4. The van der Waals surface area contributed by atoms with E-state index in [-0.39, 0.29) is 0 Å². The Kier molecular flexibility index (Phi) is 5.99. The van der Waals surface area contributed by atoms with Gasteiger partial charge in [0.25, 0.3) is 0 Å². The molecule has 1 aromatic rings. The van der Waals surface area contributed by atoms with Gasteiger partial charge in [0.1, 0.15) is 23.9 Å². The van der Waals surface area contributed by atoms with Gasteiger partial charge in [0.15, 0.2) is 0 Å². The summed E-state index contributed by atoms with van der Waals surface area (Å²) in [6, 6.07) is 5.59. The Morgan fingerprint density at radius 2 is 1.60 bits per heavy atom. The van der Waals surface area contributed by atoms with Crippen LogP contribution in [0, 0.1) is 5.92 Å². The number of benzene rings is 1. The molecule has 1 aliphatic rings. The first-order chi connectivity index (χ1) is 9.81. The second-order valence-electron chi connectivity index (χ2n) is 5.25. The average molecular weight is 279 g/mol. The Hall–Kier alpha value is -1.42. The highest BCUT2D eigenvalue weighted by Gasteiger charge is 2.13. The van der Waals surface area contributed by atoms with Gasteiger partial charge in [-0.25, -0.2) is 0 Å². The molecule has 1 aliphatic carbocycles. The van der Waals surface area contributed by atoms with Crippen molar-refractivity contribution >= 4 is 0 Å². The van der Waals surface area contributed by atoms with Crippen LogP contribution >= 0.6 is 0 Å². The maximum Gasteiger partial charge on any atom is 0.126 e. The Labute approximate surface area is 121 Å².